The fourth-order valence-electron chi connectivity index (χ4n) is 5.30. The normalized spacial score (nSPS) is 26.8. The van der Waals surface area contributed by atoms with E-state index in [4.69, 9.17) is 11.6 Å². The minimum Gasteiger partial charge on any atom is -0.352 e. The zero-order valence-corrected chi connectivity index (χ0v) is 18.4. The van der Waals surface area contributed by atoms with Gasteiger partial charge in [0.15, 0.2) is 5.78 Å². The third-order valence-corrected chi connectivity index (χ3v) is 7.27. The zero-order chi connectivity index (χ0) is 22.7. The molecule has 0 bridgehead atoms. The summed E-state index contributed by atoms with van der Waals surface area (Å²) in [7, 11) is 0. The molecule has 3 heterocycles. The molecule has 5 atom stereocenters. The molecule has 0 spiro atoms. The molecule has 5 nitrogen and oxygen atoms in total. The van der Waals surface area contributed by atoms with Crippen molar-refractivity contribution in [3.8, 4) is 0 Å². The molecule has 164 valence electrons. The Morgan fingerprint density at radius 3 is 2.56 bits per heavy atom. The van der Waals surface area contributed by atoms with Gasteiger partial charge in [0.25, 0.3) is 0 Å². The summed E-state index contributed by atoms with van der Waals surface area (Å²) in [5, 5.41) is 0.292. The molecule has 2 aromatic carbocycles. The minimum absolute atomic E-state index is 0.251. The fraction of sp³-hybridized carbons (Fsp3) is 0.320. The maximum atomic E-state index is 13.9. The number of imide groups is 1. The maximum Gasteiger partial charge on any atom is 0.236 e. The van der Waals surface area contributed by atoms with Gasteiger partial charge in [0.1, 0.15) is 11.9 Å². The lowest BCUT2D eigenvalue weighted by molar-refractivity contribution is -0.142. The molecule has 0 aliphatic carbocycles. The highest BCUT2D eigenvalue weighted by atomic mass is 35.5. The molecule has 0 aromatic heterocycles. The predicted molar refractivity (Wildman–Crippen MR) is 120 cm³/mol. The molecule has 0 radical (unpaired) electrons. The molecule has 2 amide bonds. The Labute approximate surface area is 190 Å². The summed E-state index contributed by atoms with van der Waals surface area (Å²) in [6, 6.07) is 9.40. The Balaban J connectivity index is 1.68. The van der Waals surface area contributed by atoms with Crippen LogP contribution in [0.1, 0.15) is 36.2 Å². The number of likely N-dealkylation sites (tertiary alicyclic amines) is 1. The Hall–Kier alpha value is -2.99. The van der Waals surface area contributed by atoms with Crippen molar-refractivity contribution in [2.75, 3.05) is 4.90 Å². The van der Waals surface area contributed by atoms with Crippen LogP contribution in [0, 0.1) is 17.7 Å². The van der Waals surface area contributed by atoms with Crippen molar-refractivity contribution in [2.24, 2.45) is 11.8 Å². The monoisotopic (exact) mass is 452 g/mol. The third kappa shape index (κ3) is 2.85. The Kier molecular flexibility index (Phi) is 4.93. The van der Waals surface area contributed by atoms with E-state index in [1.807, 2.05) is 24.8 Å². The molecular formula is C25H22ClFN2O3. The molecule has 2 fully saturated rings. The average molecular weight is 453 g/mol. The highest BCUT2D eigenvalue weighted by Gasteiger charge is 2.64. The topological polar surface area (TPSA) is 57.7 Å². The van der Waals surface area contributed by atoms with Gasteiger partial charge in [0, 0.05) is 22.9 Å². The first kappa shape index (κ1) is 20.9. The molecule has 3 aliphatic heterocycles. The summed E-state index contributed by atoms with van der Waals surface area (Å²) in [6.07, 6.45) is 4.21. The van der Waals surface area contributed by atoms with Gasteiger partial charge < -0.3 is 4.90 Å². The number of anilines is 1. The number of benzene rings is 2. The van der Waals surface area contributed by atoms with Crippen molar-refractivity contribution >= 4 is 41.0 Å². The van der Waals surface area contributed by atoms with Gasteiger partial charge in [-0.2, -0.15) is 0 Å². The molecule has 0 saturated carbocycles. The lowest BCUT2D eigenvalue weighted by atomic mass is 9.86. The number of carbonyl (C=O) groups excluding carboxylic acids is 3. The van der Waals surface area contributed by atoms with Gasteiger partial charge in [0.2, 0.25) is 11.8 Å². The van der Waals surface area contributed by atoms with Crippen LogP contribution in [0.4, 0.5) is 10.1 Å². The Bertz CT molecular complexity index is 1180. The van der Waals surface area contributed by atoms with Crippen LogP contribution in [-0.2, 0) is 9.59 Å². The van der Waals surface area contributed by atoms with Crippen LogP contribution >= 0.6 is 11.6 Å². The van der Waals surface area contributed by atoms with Crippen molar-refractivity contribution in [2.45, 2.75) is 38.4 Å². The lowest BCUT2D eigenvalue weighted by Crippen LogP contribution is -2.50. The van der Waals surface area contributed by atoms with Crippen LogP contribution in [0.25, 0.3) is 6.08 Å². The van der Waals surface area contributed by atoms with Crippen LogP contribution in [-0.4, -0.2) is 40.6 Å². The van der Waals surface area contributed by atoms with Crippen molar-refractivity contribution in [3.05, 3.63) is 70.5 Å². The second-order valence-electron chi connectivity index (χ2n) is 8.60. The van der Waals surface area contributed by atoms with Gasteiger partial charge in [-0.15, -0.1) is 0 Å². The molecule has 5 rings (SSSR count). The first-order chi connectivity index (χ1) is 15.3. The Morgan fingerprint density at radius 1 is 1.12 bits per heavy atom. The van der Waals surface area contributed by atoms with E-state index in [0.29, 0.717) is 28.3 Å². The van der Waals surface area contributed by atoms with Crippen molar-refractivity contribution in [3.63, 3.8) is 0 Å². The van der Waals surface area contributed by atoms with Crippen LogP contribution in [0.15, 0.2) is 48.5 Å². The number of ketones is 1. The number of Topliss-reactive ketones (excluding diaryl/α,β-unsaturated/α-hetero) is 1. The van der Waals surface area contributed by atoms with E-state index in [9.17, 15) is 18.8 Å². The van der Waals surface area contributed by atoms with Gasteiger partial charge in [-0.25, -0.2) is 4.39 Å². The van der Waals surface area contributed by atoms with Crippen LogP contribution in [0.2, 0.25) is 5.02 Å². The van der Waals surface area contributed by atoms with Crippen molar-refractivity contribution in [1.82, 2.24) is 4.90 Å². The first-order valence-corrected chi connectivity index (χ1v) is 11.1. The van der Waals surface area contributed by atoms with Gasteiger partial charge in [-0.3, -0.25) is 19.3 Å². The van der Waals surface area contributed by atoms with E-state index in [0.717, 1.165) is 0 Å². The van der Waals surface area contributed by atoms with Crippen LogP contribution in [0.3, 0.4) is 0 Å². The number of fused-ring (bicyclic) bond motifs is 5. The second-order valence-corrected chi connectivity index (χ2v) is 9.01. The van der Waals surface area contributed by atoms with Gasteiger partial charge in [0.05, 0.1) is 22.9 Å². The van der Waals surface area contributed by atoms with Crippen molar-refractivity contribution in [1.29, 1.82) is 0 Å². The zero-order valence-electron chi connectivity index (χ0n) is 17.7. The summed E-state index contributed by atoms with van der Waals surface area (Å²) in [5.74, 6) is -2.80. The molecule has 0 N–H and O–H groups in total. The second kappa shape index (κ2) is 7.55. The molecule has 2 aromatic rings. The fourth-order valence-corrected chi connectivity index (χ4v) is 5.53. The summed E-state index contributed by atoms with van der Waals surface area (Å²) >= 11 is 6.34. The highest BCUT2D eigenvalue weighted by molar-refractivity contribution is 6.34. The minimum atomic E-state index is -0.912. The molecule has 7 heteroatoms. The standard InChI is InChI=1S/C25H22ClFN2O3/c1-3-13(2)28-24(31)20-19-10-8-14-12-15(27)9-11-18(14)29(19)22(21(20)25(28)32)23(30)16-6-4-5-7-17(16)26/h4-13,19-22H,3H2,1-2H3/t13-,19+,20-,21-,22-/m0/s1. The van der Waals surface area contributed by atoms with Crippen molar-refractivity contribution < 1.29 is 18.8 Å². The number of nitrogens with zero attached hydrogens (tertiary/aromatic N) is 2. The van der Waals surface area contributed by atoms with Gasteiger partial charge in [-0.1, -0.05) is 42.8 Å². The SMILES string of the molecule is CC[C@H](C)N1C(=O)[C@@H]2[C@H](C1=O)[C@@H](C(=O)c1ccccc1Cl)N1c3ccc(F)cc3C=C[C@H]21. The van der Waals surface area contributed by atoms with E-state index in [1.54, 1.807) is 36.4 Å². The molecular weight excluding hydrogens is 431 g/mol. The Morgan fingerprint density at radius 2 is 1.84 bits per heavy atom. The molecule has 0 unspecified atom stereocenters. The van der Waals surface area contributed by atoms with Crippen LogP contribution < -0.4 is 4.90 Å². The first-order valence-electron chi connectivity index (χ1n) is 10.8. The number of halogens is 2. The third-order valence-electron chi connectivity index (χ3n) is 6.94. The van der Waals surface area contributed by atoms with Gasteiger partial charge in [-0.05, 0) is 43.7 Å². The highest BCUT2D eigenvalue weighted by Crippen LogP contribution is 2.49. The number of hydrogen-bond donors (Lipinski definition) is 0. The predicted octanol–water partition coefficient (Wildman–Crippen LogP) is 4.35. The lowest BCUT2D eigenvalue weighted by Gasteiger charge is -2.37. The molecule has 2 saturated heterocycles. The number of amides is 2. The average Bonchev–Trinajstić information content (AvgIpc) is 3.26. The van der Waals surface area contributed by atoms with Crippen LogP contribution in [0.5, 0.6) is 0 Å². The quantitative estimate of drug-likeness (QED) is 0.511. The summed E-state index contributed by atoms with van der Waals surface area (Å²) in [4.78, 5) is 44.0. The molecule has 3 aliphatic rings. The number of hydrogen-bond acceptors (Lipinski definition) is 4. The summed E-state index contributed by atoms with van der Waals surface area (Å²) in [5.41, 5.74) is 1.55. The smallest absolute Gasteiger partial charge is 0.236 e. The van der Waals surface area contributed by atoms with E-state index in [2.05, 4.69) is 0 Å². The number of rotatable bonds is 4. The number of carbonyl (C=O) groups is 3. The maximum absolute atomic E-state index is 13.9. The largest absolute Gasteiger partial charge is 0.352 e. The summed E-state index contributed by atoms with van der Waals surface area (Å²) in [6.45, 7) is 3.76. The van der Waals surface area contributed by atoms with E-state index in [-0.39, 0.29) is 23.6 Å². The van der Waals surface area contributed by atoms with E-state index in [1.165, 1.54) is 17.0 Å². The van der Waals surface area contributed by atoms with E-state index < -0.39 is 29.7 Å². The van der Waals surface area contributed by atoms with Gasteiger partial charge >= 0.3 is 0 Å². The molecule has 32 heavy (non-hydrogen) atoms. The summed E-state index contributed by atoms with van der Waals surface area (Å²) < 4.78 is 13.9. The van der Waals surface area contributed by atoms with E-state index >= 15 is 0 Å².